The maximum absolute atomic E-state index is 7.88. The summed E-state index contributed by atoms with van der Waals surface area (Å²) in [7, 11) is 0. The molecule has 0 atom stereocenters. The monoisotopic (exact) mass is 169 g/mol. The minimum absolute atomic E-state index is 0.409. The van der Waals surface area contributed by atoms with Gasteiger partial charge in [-0.3, -0.25) is 0 Å². The molecule has 0 unspecified atom stereocenters. The third kappa shape index (κ3) is 2.29. The van der Waals surface area contributed by atoms with E-state index in [0.29, 0.717) is 11.6 Å². The van der Waals surface area contributed by atoms with Crippen molar-refractivity contribution in [3.8, 4) is 0 Å². The number of hydrogen-bond donors (Lipinski definition) is 3. The van der Waals surface area contributed by atoms with Gasteiger partial charge in [0, 0.05) is 17.2 Å². The molecule has 0 aliphatic carbocycles. The molecule has 1 saturated heterocycles. The molecule has 3 nitrogen and oxygen atoms in total. The van der Waals surface area contributed by atoms with Crippen molar-refractivity contribution in [1.82, 2.24) is 5.32 Å². The van der Waals surface area contributed by atoms with Crippen LogP contribution in [0.15, 0.2) is 0 Å². The quantitative estimate of drug-likeness (QED) is 0.534. The van der Waals surface area contributed by atoms with Gasteiger partial charge in [-0.2, -0.15) is 0 Å². The van der Waals surface area contributed by atoms with Gasteiger partial charge in [0.2, 0.25) is 0 Å². The third-order valence-electron chi connectivity index (χ3n) is 2.44. The summed E-state index contributed by atoms with van der Waals surface area (Å²) < 4.78 is 0. The number of rotatable bonds is 2. The molecule has 0 amide bonds. The molecule has 1 aliphatic rings. The molecule has 0 aromatic carbocycles. The SMILES string of the molecule is CC(C)(N)C(=N)C1CCNCC1. The molecule has 0 radical (unpaired) electrons. The molecular formula is C9H19N3. The van der Waals surface area contributed by atoms with E-state index in [0.717, 1.165) is 25.9 Å². The van der Waals surface area contributed by atoms with E-state index in [1.165, 1.54) is 0 Å². The van der Waals surface area contributed by atoms with Crippen LogP contribution in [0.25, 0.3) is 0 Å². The fourth-order valence-electron chi connectivity index (χ4n) is 1.64. The minimum atomic E-state index is -0.429. The van der Waals surface area contributed by atoms with Crippen LogP contribution in [-0.2, 0) is 0 Å². The highest BCUT2D eigenvalue weighted by molar-refractivity contribution is 5.92. The first-order chi connectivity index (χ1) is 5.52. The Kier molecular flexibility index (Phi) is 2.85. The molecule has 0 aromatic rings. The van der Waals surface area contributed by atoms with Crippen LogP contribution in [0.4, 0.5) is 0 Å². The normalized spacial score (nSPS) is 20.9. The van der Waals surface area contributed by atoms with Crippen molar-refractivity contribution in [3.05, 3.63) is 0 Å². The van der Waals surface area contributed by atoms with Crippen molar-refractivity contribution < 1.29 is 0 Å². The first-order valence-electron chi connectivity index (χ1n) is 4.60. The van der Waals surface area contributed by atoms with Crippen LogP contribution in [0.5, 0.6) is 0 Å². The molecule has 70 valence electrons. The molecule has 3 heteroatoms. The Morgan fingerprint density at radius 3 is 2.33 bits per heavy atom. The van der Waals surface area contributed by atoms with Crippen LogP contribution < -0.4 is 11.1 Å². The summed E-state index contributed by atoms with van der Waals surface area (Å²) in [6.07, 6.45) is 2.14. The van der Waals surface area contributed by atoms with Crippen molar-refractivity contribution in [2.24, 2.45) is 11.7 Å². The molecular weight excluding hydrogens is 150 g/mol. The fraction of sp³-hybridized carbons (Fsp3) is 0.889. The molecule has 1 heterocycles. The summed E-state index contributed by atoms with van der Waals surface area (Å²) >= 11 is 0. The van der Waals surface area contributed by atoms with Gasteiger partial charge in [0.05, 0.1) is 0 Å². The molecule has 4 N–H and O–H groups in total. The van der Waals surface area contributed by atoms with Crippen molar-refractivity contribution >= 4 is 5.71 Å². The average Bonchev–Trinajstić information content (AvgIpc) is 2.03. The van der Waals surface area contributed by atoms with Crippen LogP contribution >= 0.6 is 0 Å². The zero-order chi connectivity index (χ0) is 9.19. The van der Waals surface area contributed by atoms with Gasteiger partial charge >= 0.3 is 0 Å². The molecule has 1 rings (SSSR count). The number of nitrogens with one attached hydrogen (secondary N) is 2. The van der Waals surface area contributed by atoms with Crippen molar-refractivity contribution in [3.63, 3.8) is 0 Å². The average molecular weight is 169 g/mol. The number of hydrogen-bond acceptors (Lipinski definition) is 3. The van der Waals surface area contributed by atoms with Crippen LogP contribution in [0.1, 0.15) is 26.7 Å². The van der Waals surface area contributed by atoms with E-state index in [4.69, 9.17) is 11.1 Å². The minimum Gasteiger partial charge on any atom is -0.321 e. The summed E-state index contributed by atoms with van der Waals surface area (Å²) in [4.78, 5) is 0. The molecule has 1 fully saturated rings. The maximum atomic E-state index is 7.88. The molecule has 12 heavy (non-hydrogen) atoms. The van der Waals surface area contributed by atoms with Gasteiger partial charge in [-0.1, -0.05) is 0 Å². The second-order valence-electron chi connectivity index (χ2n) is 4.16. The highest BCUT2D eigenvalue weighted by Crippen LogP contribution is 2.18. The standard InChI is InChI=1S/C9H19N3/c1-9(2,11)8(10)7-3-5-12-6-4-7/h7,10,12H,3-6,11H2,1-2H3. The Labute approximate surface area is 74.2 Å². The topological polar surface area (TPSA) is 61.9 Å². The Balaban J connectivity index is 2.51. The lowest BCUT2D eigenvalue weighted by molar-refractivity contribution is 0.437. The lowest BCUT2D eigenvalue weighted by Crippen LogP contribution is -2.47. The van der Waals surface area contributed by atoms with Crippen LogP contribution in [0, 0.1) is 11.3 Å². The number of nitrogens with two attached hydrogens (primary N) is 1. The summed E-state index contributed by atoms with van der Waals surface area (Å²) in [5, 5.41) is 11.2. The van der Waals surface area contributed by atoms with Crippen LogP contribution in [0.3, 0.4) is 0 Å². The van der Waals surface area contributed by atoms with Crippen molar-refractivity contribution in [2.45, 2.75) is 32.2 Å². The highest BCUT2D eigenvalue weighted by Gasteiger charge is 2.26. The van der Waals surface area contributed by atoms with E-state index in [2.05, 4.69) is 5.32 Å². The van der Waals surface area contributed by atoms with Gasteiger partial charge < -0.3 is 16.5 Å². The fourth-order valence-corrected chi connectivity index (χ4v) is 1.64. The first-order valence-corrected chi connectivity index (χ1v) is 4.60. The maximum Gasteiger partial charge on any atom is 0.0482 e. The zero-order valence-electron chi connectivity index (χ0n) is 7.98. The summed E-state index contributed by atoms with van der Waals surface area (Å²) in [5.41, 5.74) is 6.15. The third-order valence-corrected chi connectivity index (χ3v) is 2.44. The van der Waals surface area contributed by atoms with Gasteiger partial charge in [-0.25, -0.2) is 0 Å². The predicted molar refractivity (Wildman–Crippen MR) is 51.6 cm³/mol. The van der Waals surface area contributed by atoms with Crippen LogP contribution in [0.2, 0.25) is 0 Å². The van der Waals surface area contributed by atoms with E-state index < -0.39 is 5.54 Å². The molecule has 1 aliphatic heterocycles. The lowest BCUT2D eigenvalue weighted by atomic mass is 9.83. The molecule has 0 spiro atoms. The van der Waals surface area contributed by atoms with Crippen molar-refractivity contribution in [2.75, 3.05) is 13.1 Å². The van der Waals surface area contributed by atoms with E-state index >= 15 is 0 Å². The predicted octanol–water partition coefficient (Wildman–Crippen LogP) is 0.743. The van der Waals surface area contributed by atoms with Gasteiger partial charge in [-0.15, -0.1) is 0 Å². The smallest absolute Gasteiger partial charge is 0.0482 e. The molecule has 0 aromatic heterocycles. The first kappa shape index (κ1) is 9.68. The summed E-state index contributed by atoms with van der Waals surface area (Å²) in [6, 6.07) is 0. The highest BCUT2D eigenvalue weighted by atomic mass is 14.9. The Bertz CT molecular complexity index is 163. The van der Waals surface area contributed by atoms with Crippen molar-refractivity contribution in [1.29, 1.82) is 5.41 Å². The van der Waals surface area contributed by atoms with Gasteiger partial charge in [0.1, 0.15) is 0 Å². The largest absolute Gasteiger partial charge is 0.321 e. The Morgan fingerprint density at radius 1 is 1.42 bits per heavy atom. The van der Waals surface area contributed by atoms with E-state index in [1.807, 2.05) is 13.8 Å². The Morgan fingerprint density at radius 2 is 1.92 bits per heavy atom. The molecule has 0 saturated carbocycles. The molecule has 0 bridgehead atoms. The van der Waals surface area contributed by atoms with E-state index in [1.54, 1.807) is 0 Å². The summed E-state index contributed by atoms with van der Waals surface area (Å²) in [5.74, 6) is 0.409. The van der Waals surface area contributed by atoms with Gasteiger partial charge in [0.25, 0.3) is 0 Å². The lowest BCUT2D eigenvalue weighted by Gasteiger charge is -2.30. The van der Waals surface area contributed by atoms with Gasteiger partial charge in [-0.05, 0) is 39.8 Å². The Hall–Kier alpha value is -0.410. The summed E-state index contributed by atoms with van der Waals surface area (Å²) in [6.45, 7) is 5.89. The zero-order valence-corrected chi connectivity index (χ0v) is 7.98. The van der Waals surface area contributed by atoms with Gasteiger partial charge in [0.15, 0.2) is 0 Å². The van der Waals surface area contributed by atoms with E-state index in [9.17, 15) is 0 Å². The second-order valence-corrected chi connectivity index (χ2v) is 4.16. The van der Waals surface area contributed by atoms with Crippen LogP contribution in [-0.4, -0.2) is 24.3 Å². The van der Waals surface area contributed by atoms with E-state index in [-0.39, 0.29) is 0 Å². The number of piperidine rings is 1. The second kappa shape index (κ2) is 3.54.